The Morgan fingerprint density at radius 1 is 0.800 bits per heavy atom. The molecule has 10 N–H and O–H groups in total. The molecule has 4 amide bonds. The fourth-order valence-corrected chi connectivity index (χ4v) is 2.09. The van der Waals surface area contributed by atoms with Gasteiger partial charge in [-0.25, -0.2) is 4.79 Å². The number of aliphatic hydroxyl groups excluding tert-OH is 1. The normalized spacial score (nSPS) is 14.7. The van der Waals surface area contributed by atoms with Gasteiger partial charge in [0.05, 0.1) is 25.5 Å². The smallest absolute Gasteiger partial charge is 0.326 e. The lowest BCUT2D eigenvalue weighted by Crippen LogP contribution is -2.59. The van der Waals surface area contributed by atoms with E-state index < -0.39 is 79.2 Å². The molecule has 0 aliphatic heterocycles. The summed E-state index contributed by atoms with van der Waals surface area (Å²) in [5.41, 5.74) is 10.5. The van der Waals surface area contributed by atoms with E-state index in [1.807, 2.05) is 10.6 Å². The first-order chi connectivity index (χ1) is 13.8. The number of carbonyl (C=O) groups is 6. The summed E-state index contributed by atoms with van der Waals surface area (Å²) >= 11 is 0. The maximum Gasteiger partial charge on any atom is 0.326 e. The number of nitrogens with one attached hydrogen (secondary N) is 3. The molecule has 170 valence electrons. The highest BCUT2D eigenvalue weighted by atomic mass is 16.4. The molecule has 14 nitrogen and oxygen atoms in total. The average molecular weight is 433 g/mol. The molecule has 30 heavy (non-hydrogen) atoms. The van der Waals surface area contributed by atoms with Gasteiger partial charge in [-0.3, -0.25) is 24.0 Å². The van der Waals surface area contributed by atoms with Crippen LogP contribution in [0.15, 0.2) is 0 Å². The minimum absolute atomic E-state index is 0.281. The van der Waals surface area contributed by atoms with Crippen molar-refractivity contribution in [2.45, 2.75) is 50.9 Å². The summed E-state index contributed by atoms with van der Waals surface area (Å²) in [5, 5.41) is 33.4. The molecular formula is C16H27N5O9. The van der Waals surface area contributed by atoms with Crippen molar-refractivity contribution >= 4 is 35.6 Å². The van der Waals surface area contributed by atoms with E-state index >= 15 is 0 Å². The van der Waals surface area contributed by atoms with Crippen molar-refractivity contribution in [2.75, 3.05) is 6.61 Å². The van der Waals surface area contributed by atoms with Gasteiger partial charge < -0.3 is 42.7 Å². The van der Waals surface area contributed by atoms with E-state index in [2.05, 4.69) is 5.32 Å². The molecule has 0 aromatic rings. The van der Waals surface area contributed by atoms with E-state index in [-0.39, 0.29) is 5.92 Å². The van der Waals surface area contributed by atoms with Gasteiger partial charge in [-0.2, -0.15) is 0 Å². The molecule has 0 saturated carbocycles. The second kappa shape index (κ2) is 12.3. The van der Waals surface area contributed by atoms with Gasteiger partial charge in [0.2, 0.25) is 23.6 Å². The van der Waals surface area contributed by atoms with Crippen molar-refractivity contribution in [1.29, 1.82) is 0 Å². The number of hydrogen-bond donors (Lipinski definition) is 8. The highest BCUT2D eigenvalue weighted by Gasteiger charge is 2.32. The van der Waals surface area contributed by atoms with Crippen LogP contribution < -0.4 is 27.4 Å². The number of carboxylic acids is 2. The molecule has 4 atom stereocenters. The molecule has 4 unspecified atom stereocenters. The Morgan fingerprint density at radius 2 is 1.27 bits per heavy atom. The first-order valence-electron chi connectivity index (χ1n) is 8.80. The summed E-state index contributed by atoms with van der Waals surface area (Å²) in [5.74, 6) is -7.52. The SMILES string of the molecule is CC(C)C(N)C(=O)NC(CO)C(=O)NC(CC(=O)O)C(=O)NC(CC(N)=O)C(=O)O. The van der Waals surface area contributed by atoms with E-state index in [4.69, 9.17) is 21.7 Å². The van der Waals surface area contributed by atoms with Crippen molar-refractivity contribution in [2.24, 2.45) is 17.4 Å². The summed E-state index contributed by atoms with van der Waals surface area (Å²) in [4.78, 5) is 69.6. The van der Waals surface area contributed by atoms with Gasteiger partial charge in [-0.15, -0.1) is 0 Å². The summed E-state index contributed by atoms with van der Waals surface area (Å²) in [7, 11) is 0. The van der Waals surface area contributed by atoms with Gasteiger partial charge in [0.1, 0.15) is 18.1 Å². The van der Waals surface area contributed by atoms with E-state index in [1.54, 1.807) is 13.8 Å². The van der Waals surface area contributed by atoms with Crippen LogP contribution in [-0.4, -0.2) is 81.7 Å². The fourth-order valence-electron chi connectivity index (χ4n) is 2.09. The molecule has 0 spiro atoms. The third kappa shape index (κ3) is 9.29. The first-order valence-corrected chi connectivity index (χ1v) is 8.80. The van der Waals surface area contributed by atoms with Gasteiger partial charge in [-0.05, 0) is 5.92 Å². The van der Waals surface area contributed by atoms with E-state index in [0.717, 1.165) is 0 Å². The second-order valence-electron chi connectivity index (χ2n) is 6.74. The van der Waals surface area contributed by atoms with Crippen molar-refractivity contribution < 1.29 is 44.1 Å². The lowest BCUT2D eigenvalue weighted by molar-refractivity contribution is -0.145. The number of aliphatic carboxylic acids is 2. The van der Waals surface area contributed by atoms with Crippen LogP contribution in [0.25, 0.3) is 0 Å². The highest BCUT2D eigenvalue weighted by molar-refractivity contribution is 5.96. The number of aliphatic hydroxyl groups is 1. The fraction of sp³-hybridized carbons (Fsp3) is 0.625. The largest absolute Gasteiger partial charge is 0.481 e. The Kier molecular flexibility index (Phi) is 11.0. The molecular weight excluding hydrogens is 406 g/mol. The third-order valence-electron chi connectivity index (χ3n) is 3.87. The lowest BCUT2D eigenvalue weighted by atomic mass is 10.0. The molecule has 0 rings (SSSR count). The lowest BCUT2D eigenvalue weighted by Gasteiger charge is -2.24. The molecule has 0 aromatic heterocycles. The zero-order chi connectivity index (χ0) is 23.6. The quantitative estimate of drug-likeness (QED) is 0.139. The van der Waals surface area contributed by atoms with Gasteiger partial charge in [0.15, 0.2) is 0 Å². The third-order valence-corrected chi connectivity index (χ3v) is 3.87. The Hall–Kier alpha value is -3.26. The summed E-state index contributed by atoms with van der Waals surface area (Å²) in [6.07, 6.45) is -1.71. The van der Waals surface area contributed by atoms with Gasteiger partial charge in [-0.1, -0.05) is 13.8 Å². The van der Waals surface area contributed by atoms with Crippen molar-refractivity contribution in [1.82, 2.24) is 16.0 Å². The van der Waals surface area contributed by atoms with Gasteiger partial charge in [0.25, 0.3) is 0 Å². The van der Waals surface area contributed by atoms with Crippen molar-refractivity contribution in [3.05, 3.63) is 0 Å². The van der Waals surface area contributed by atoms with E-state index in [0.29, 0.717) is 0 Å². The summed E-state index contributed by atoms with van der Waals surface area (Å²) in [6, 6.07) is -6.06. The Bertz CT molecular complexity index is 682. The molecule has 14 heteroatoms. The Labute approximate surface area is 171 Å². The van der Waals surface area contributed by atoms with Gasteiger partial charge >= 0.3 is 11.9 Å². The van der Waals surface area contributed by atoms with Crippen LogP contribution in [0.4, 0.5) is 0 Å². The Morgan fingerprint density at radius 3 is 1.67 bits per heavy atom. The van der Waals surface area contributed by atoms with Crippen LogP contribution in [0.2, 0.25) is 0 Å². The number of nitrogens with two attached hydrogens (primary N) is 2. The minimum atomic E-state index is -1.77. The van der Waals surface area contributed by atoms with Crippen LogP contribution in [0.3, 0.4) is 0 Å². The van der Waals surface area contributed by atoms with Crippen LogP contribution in [0.5, 0.6) is 0 Å². The summed E-state index contributed by atoms with van der Waals surface area (Å²) in [6.45, 7) is 2.41. The molecule has 0 heterocycles. The van der Waals surface area contributed by atoms with Crippen LogP contribution in [-0.2, 0) is 28.8 Å². The predicted octanol–water partition coefficient (Wildman–Crippen LogP) is -4.15. The van der Waals surface area contributed by atoms with Crippen LogP contribution in [0.1, 0.15) is 26.7 Å². The second-order valence-corrected chi connectivity index (χ2v) is 6.74. The zero-order valence-corrected chi connectivity index (χ0v) is 16.5. The molecule has 0 aliphatic rings. The topological polar surface area (TPSA) is 251 Å². The highest BCUT2D eigenvalue weighted by Crippen LogP contribution is 2.01. The number of carbonyl (C=O) groups excluding carboxylic acids is 4. The monoisotopic (exact) mass is 433 g/mol. The molecule has 0 aromatic carbocycles. The molecule has 0 radical (unpaired) electrons. The average Bonchev–Trinajstić information content (AvgIpc) is 2.62. The molecule has 0 aliphatic carbocycles. The number of amides is 4. The minimum Gasteiger partial charge on any atom is -0.481 e. The Balaban J connectivity index is 5.33. The van der Waals surface area contributed by atoms with E-state index in [9.17, 15) is 33.9 Å². The molecule has 0 saturated heterocycles. The number of carboxylic acid groups (broad SMARTS) is 2. The van der Waals surface area contributed by atoms with Crippen LogP contribution >= 0.6 is 0 Å². The van der Waals surface area contributed by atoms with Crippen molar-refractivity contribution in [3.8, 4) is 0 Å². The molecule has 0 bridgehead atoms. The predicted molar refractivity (Wildman–Crippen MR) is 99.4 cm³/mol. The zero-order valence-electron chi connectivity index (χ0n) is 16.5. The maximum atomic E-state index is 12.3. The maximum absolute atomic E-state index is 12.3. The van der Waals surface area contributed by atoms with Gasteiger partial charge in [0, 0.05) is 0 Å². The van der Waals surface area contributed by atoms with E-state index in [1.165, 1.54) is 0 Å². The summed E-state index contributed by atoms with van der Waals surface area (Å²) < 4.78 is 0. The number of primary amides is 1. The first kappa shape index (κ1) is 26.7. The number of rotatable bonds is 13. The van der Waals surface area contributed by atoms with Crippen LogP contribution in [0, 0.1) is 5.92 Å². The number of hydrogen-bond acceptors (Lipinski definition) is 8. The van der Waals surface area contributed by atoms with Crippen molar-refractivity contribution in [3.63, 3.8) is 0 Å². The molecule has 0 fully saturated rings. The standard InChI is InChI=1S/C16H27N5O9/c1-6(2)12(18)15(28)21-9(5-22)14(27)19-7(4-11(24)25)13(26)20-8(16(29)30)3-10(17)23/h6-9,12,22H,3-5,18H2,1-2H3,(H2,17,23)(H,19,27)(H,20,26)(H,21,28)(H,24,25)(H,29,30).